The lowest BCUT2D eigenvalue weighted by molar-refractivity contribution is 0.0802. The highest BCUT2D eigenvalue weighted by molar-refractivity contribution is 4.91. The van der Waals surface area contributed by atoms with E-state index in [1.165, 1.54) is 45.3 Å². The van der Waals surface area contributed by atoms with E-state index in [9.17, 15) is 0 Å². The standard InChI is InChI=1S/C18H38N2/c1-15(2)12-20(7)14-18(13-19-17(4,5)6)10-8-9-16(3)11-18/h15-16,19H,8-14H2,1-7H3. The highest BCUT2D eigenvalue weighted by atomic mass is 15.1. The predicted molar refractivity (Wildman–Crippen MR) is 90.2 cm³/mol. The Hall–Kier alpha value is -0.0800. The summed E-state index contributed by atoms with van der Waals surface area (Å²) in [5.74, 6) is 1.65. The van der Waals surface area contributed by atoms with Crippen molar-refractivity contribution in [1.82, 2.24) is 10.2 Å². The molecule has 1 fully saturated rings. The van der Waals surface area contributed by atoms with Crippen molar-refractivity contribution in [3.63, 3.8) is 0 Å². The summed E-state index contributed by atoms with van der Waals surface area (Å²) in [6, 6.07) is 0. The monoisotopic (exact) mass is 282 g/mol. The summed E-state index contributed by atoms with van der Waals surface area (Å²) in [5, 5.41) is 3.78. The normalized spacial score (nSPS) is 28.4. The molecule has 1 saturated carbocycles. The minimum absolute atomic E-state index is 0.226. The first kappa shape index (κ1) is 18.0. The second-order valence-corrected chi connectivity index (χ2v) is 8.90. The van der Waals surface area contributed by atoms with Gasteiger partial charge < -0.3 is 10.2 Å². The fourth-order valence-electron chi connectivity index (χ4n) is 3.84. The van der Waals surface area contributed by atoms with Crippen molar-refractivity contribution >= 4 is 0 Å². The molecule has 0 spiro atoms. The van der Waals surface area contributed by atoms with Gasteiger partial charge in [-0.15, -0.1) is 0 Å². The minimum atomic E-state index is 0.226. The van der Waals surface area contributed by atoms with Crippen LogP contribution in [0.2, 0.25) is 0 Å². The Morgan fingerprint density at radius 1 is 1.30 bits per heavy atom. The Labute approximate surface area is 127 Å². The molecule has 0 amide bonds. The van der Waals surface area contributed by atoms with Crippen LogP contribution in [0.3, 0.4) is 0 Å². The topological polar surface area (TPSA) is 15.3 Å². The summed E-state index contributed by atoms with van der Waals surface area (Å²) in [6.07, 6.45) is 5.61. The van der Waals surface area contributed by atoms with Crippen LogP contribution in [0.25, 0.3) is 0 Å². The first-order chi connectivity index (χ1) is 9.12. The average molecular weight is 283 g/mol. The molecule has 1 aliphatic rings. The van der Waals surface area contributed by atoms with Crippen molar-refractivity contribution in [2.75, 3.05) is 26.7 Å². The largest absolute Gasteiger partial charge is 0.311 e. The van der Waals surface area contributed by atoms with E-state index in [0.29, 0.717) is 5.41 Å². The second kappa shape index (κ2) is 7.26. The number of nitrogens with zero attached hydrogens (tertiary/aromatic N) is 1. The third-order valence-corrected chi connectivity index (χ3v) is 4.46. The maximum atomic E-state index is 3.78. The molecule has 2 nitrogen and oxygen atoms in total. The van der Waals surface area contributed by atoms with Gasteiger partial charge in [0.05, 0.1) is 0 Å². The van der Waals surface area contributed by atoms with Gasteiger partial charge in [0, 0.05) is 25.2 Å². The quantitative estimate of drug-likeness (QED) is 0.787. The number of rotatable bonds is 6. The molecule has 0 aromatic heterocycles. The molecule has 0 bridgehead atoms. The van der Waals surface area contributed by atoms with Gasteiger partial charge in [0.1, 0.15) is 0 Å². The smallest absolute Gasteiger partial charge is 0.00967 e. The van der Waals surface area contributed by atoms with E-state index >= 15 is 0 Å². The average Bonchev–Trinajstić information content (AvgIpc) is 2.24. The van der Waals surface area contributed by atoms with Crippen LogP contribution in [-0.4, -0.2) is 37.1 Å². The molecule has 1 rings (SSSR count). The molecule has 1 aliphatic carbocycles. The van der Waals surface area contributed by atoms with Gasteiger partial charge in [-0.25, -0.2) is 0 Å². The molecule has 0 radical (unpaired) electrons. The molecule has 0 aromatic carbocycles. The Balaban J connectivity index is 2.68. The third kappa shape index (κ3) is 6.58. The molecule has 0 saturated heterocycles. The van der Waals surface area contributed by atoms with Crippen LogP contribution in [0.1, 0.15) is 67.2 Å². The summed E-state index contributed by atoms with van der Waals surface area (Å²) < 4.78 is 0. The Kier molecular flexibility index (Phi) is 6.53. The number of hydrogen-bond donors (Lipinski definition) is 1. The summed E-state index contributed by atoms with van der Waals surface area (Å²) >= 11 is 0. The third-order valence-electron chi connectivity index (χ3n) is 4.46. The predicted octanol–water partition coefficient (Wildman–Crippen LogP) is 4.16. The van der Waals surface area contributed by atoms with Gasteiger partial charge >= 0.3 is 0 Å². The maximum Gasteiger partial charge on any atom is 0.00967 e. The van der Waals surface area contributed by atoms with E-state index in [-0.39, 0.29) is 5.54 Å². The zero-order valence-electron chi connectivity index (χ0n) is 15.1. The van der Waals surface area contributed by atoms with Crippen LogP contribution >= 0.6 is 0 Å². The molecule has 120 valence electrons. The zero-order chi connectivity index (χ0) is 15.4. The van der Waals surface area contributed by atoms with Crippen LogP contribution in [0.4, 0.5) is 0 Å². The highest BCUT2D eigenvalue weighted by Gasteiger charge is 2.36. The SMILES string of the molecule is CC(C)CN(C)CC1(CNC(C)(C)C)CCCC(C)C1. The Bertz CT molecular complexity index is 280. The van der Waals surface area contributed by atoms with Gasteiger partial charge in [-0.05, 0) is 57.9 Å². The lowest BCUT2D eigenvalue weighted by atomic mass is 9.69. The first-order valence-electron chi connectivity index (χ1n) is 8.55. The fraction of sp³-hybridized carbons (Fsp3) is 1.00. The van der Waals surface area contributed by atoms with Crippen molar-refractivity contribution < 1.29 is 0 Å². The van der Waals surface area contributed by atoms with Crippen molar-refractivity contribution in [2.45, 2.75) is 72.8 Å². The molecule has 0 aliphatic heterocycles. The van der Waals surface area contributed by atoms with E-state index in [4.69, 9.17) is 0 Å². The van der Waals surface area contributed by atoms with Gasteiger partial charge in [-0.3, -0.25) is 0 Å². The van der Waals surface area contributed by atoms with E-state index in [1.54, 1.807) is 0 Å². The van der Waals surface area contributed by atoms with Crippen LogP contribution in [0.15, 0.2) is 0 Å². The van der Waals surface area contributed by atoms with Gasteiger partial charge in [0.15, 0.2) is 0 Å². The lowest BCUT2D eigenvalue weighted by Gasteiger charge is -2.44. The van der Waals surface area contributed by atoms with Crippen LogP contribution in [0, 0.1) is 17.3 Å². The van der Waals surface area contributed by atoms with Crippen molar-refractivity contribution in [2.24, 2.45) is 17.3 Å². The van der Waals surface area contributed by atoms with Gasteiger partial charge in [0.25, 0.3) is 0 Å². The summed E-state index contributed by atoms with van der Waals surface area (Å²) in [5.41, 5.74) is 0.707. The lowest BCUT2D eigenvalue weighted by Crippen LogP contribution is -2.50. The number of hydrogen-bond acceptors (Lipinski definition) is 2. The summed E-state index contributed by atoms with van der Waals surface area (Å²) in [4.78, 5) is 2.56. The van der Waals surface area contributed by atoms with Crippen LogP contribution in [0.5, 0.6) is 0 Å². The molecular weight excluding hydrogens is 244 g/mol. The molecule has 0 heterocycles. The minimum Gasteiger partial charge on any atom is -0.311 e. The molecule has 20 heavy (non-hydrogen) atoms. The van der Waals surface area contributed by atoms with Gasteiger partial charge in [-0.1, -0.05) is 33.6 Å². The molecular formula is C18H38N2. The Morgan fingerprint density at radius 2 is 1.95 bits per heavy atom. The maximum absolute atomic E-state index is 3.78. The van der Waals surface area contributed by atoms with E-state index in [1.807, 2.05) is 0 Å². The molecule has 2 heteroatoms. The molecule has 2 atom stereocenters. The van der Waals surface area contributed by atoms with Gasteiger partial charge in [0.2, 0.25) is 0 Å². The van der Waals surface area contributed by atoms with Crippen molar-refractivity contribution in [3.8, 4) is 0 Å². The van der Waals surface area contributed by atoms with E-state index < -0.39 is 0 Å². The molecule has 2 unspecified atom stereocenters. The second-order valence-electron chi connectivity index (χ2n) is 8.90. The van der Waals surface area contributed by atoms with Crippen LogP contribution < -0.4 is 5.32 Å². The summed E-state index contributed by atoms with van der Waals surface area (Å²) in [6.45, 7) is 17.6. The van der Waals surface area contributed by atoms with Crippen LogP contribution in [-0.2, 0) is 0 Å². The molecule has 1 N–H and O–H groups in total. The molecule has 0 aromatic rings. The number of nitrogens with one attached hydrogen (secondary N) is 1. The van der Waals surface area contributed by atoms with Crippen molar-refractivity contribution in [3.05, 3.63) is 0 Å². The summed E-state index contributed by atoms with van der Waals surface area (Å²) in [7, 11) is 2.30. The highest BCUT2D eigenvalue weighted by Crippen LogP contribution is 2.39. The zero-order valence-corrected chi connectivity index (χ0v) is 15.1. The Morgan fingerprint density at radius 3 is 2.45 bits per heavy atom. The fourth-order valence-corrected chi connectivity index (χ4v) is 3.84. The van der Waals surface area contributed by atoms with E-state index in [0.717, 1.165) is 11.8 Å². The van der Waals surface area contributed by atoms with Gasteiger partial charge in [-0.2, -0.15) is 0 Å². The first-order valence-corrected chi connectivity index (χ1v) is 8.55. The van der Waals surface area contributed by atoms with E-state index in [2.05, 4.69) is 58.8 Å². The van der Waals surface area contributed by atoms with Crippen molar-refractivity contribution in [1.29, 1.82) is 0 Å².